The van der Waals surface area contributed by atoms with E-state index in [9.17, 15) is 4.79 Å². The molecule has 10 heteroatoms. The van der Waals surface area contributed by atoms with E-state index in [2.05, 4.69) is 20.5 Å². The Hall–Kier alpha value is -1.97. The van der Waals surface area contributed by atoms with Gasteiger partial charge in [-0.25, -0.2) is 9.67 Å². The second-order valence-corrected chi connectivity index (χ2v) is 8.56. The van der Waals surface area contributed by atoms with Gasteiger partial charge in [0.15, 0.2) is 0 Å². The molecule has 0 N–H and O–H groups in total. The van der Waals surface area contributed by atoms with Crippen LogP contribution in [0.1, 0.15) is 34.5 Å². The molecule has 3 aromatic rings. The molecule has 1 fully saturated rings. The first-order valence-corrected chi connectivity index (χ1v) is 10.7. The quantitative estimate of drug-likeness (QED) is 0.627. The number of piperidine rings is 1. The molecule has 0 aliphatic carbocycles. The third kappa shape index (κ3) is 4.31. The molecule has 0 bridgehead atoms. The van der Waals surface area contributed by atoms with Crippen LogP contribution in [-0.4, -0.2) is 49.1 Å². The van der Waals surface area contributed by atoms with Crippen molar-refractivity contribution in [1.29, 1.82) is 0 Å². The average molecular weight is 421 g/mol. The minimum atomic E-state index is -0.0109. The van der Waals surface area contributed by atoms with Crippen molar-refractivity contribution in [1.82, 2.24) is 30.1 Å². The molecule has 3 aromatic heterocycles. The summed E-state index contributed by atoms with van der Waals surface area (Å²) in [6, 6.07) is 5.71. The molecule has 1 aliphatic heterocycles. The average Bonchev–Trinajstić information content (AvgIpc) is 3.36. The van der Waals surface area contributed by atoms with Crippen molar-refractivity contribution >= 4 is 40.6 Å². The predicted octanol–water partition coefficient (Wildman–Crippen LogP) is 3.61. The largest absolute Gasteiger partial charge is 0.339 e. The number of halogens is 1. The Kier molecular flexibility index (Phi) is 5.70. The van der Waals surface area contributed by atoms with Crippen LogP contribution in [0, 0.1) is 0 Å². The molecule has 0 spiro atoms. The molecule has 4 heterocycles. The minimum absolute atomic E-state index is 0.0109. The maximum Gasteiger partial charge on any atom is 0.255 e. The van der Waals surface area contributed by atoms with Crippen LogP contribution in [0.3, 0.4) is 0 Å². The summed E-state index contributed by atoms with van der Waals surface area (Å²) in [7, 11) is 0. The Bertz CT molecular complexity index is 923. The van der Waals surface area contributed by atoms with E-state index in [-0.39, 0.29) is 5.91 Å². The smallest absolute Gasteiger partial charge is 0.255 e. The summed E-state index contributed by atoms with van der Waals surface area (Å²) in [6.07, 6.45) is 4.86. The zero-order chi connectivity index (χ0) is 18.6. The van der Waals surface area contributed by atoms with Gasteiger partial charge in [0, 0.05) is 24.2 Å². The number of carbonyl (C=O) groups is 1. The number of pyridine rings is 1. The van der Waals surface area contributed by atoms with Crippen molar-refractivity contribution in [3.8, 4) is 0 Å². The minimum Gasteiger partial charge on any atom is -0.339 e. The number of aromatic nitrogens is 5. The first-order chi connectivity index (χ1) is 13.2. The van der Waals surface area contributed by atoms with Gasteiger partial charge in [-0.2, -0.15) is 0 Å². The van der Waals surface area contributed by atoms with Gasteiger partial charge in [-0.05, 0) is 59.0 Å². The molecular formula is C17H17ClN6OS2. The maximum atomic E-state index is 12.6. The summed E-state index contributed by atoms with van der Waals surface area (Å²) in [5, 5.41) is 15.5. The molecule has 1 aliphatic rings. The molecule has 7 nitrogen and oxygen atoms in total. The number of rotatable bonds is 5. The molecular weight excluding hydrogens is 404 g/mol. The number of tetrazole rings is 1. The summed E-state index contributed by atoms with van der Waals surface area (Å²) in [6.45, 7) is 2.19. The van der Waals surface area contributed by atoms with Crippen LogP contribution < -0.4 is 0 Å². The van der Waals surface area contributed by atoms with E-state index in [1.54, 1.807) is 28.3 Å². The molecule has 0 radical (unpaired) electrons. The monoisotopic (exact) mass is 420 g/mol. The molecule has 140 valence electrons. The highest BCUT2D eigenvalue weighted by molar-refractivity contribution is 7.99. The topological polar surface area (TPSA) is 76.8 Å². The highest BCUT2D eigenvalue weighted by atomic mass is 35.5. The Labute approximate surface area is 169 Å². The van der Waals surface area contributed by atoms with Crippen LogP contribution in [0.2, 0.25) is 5.02 Å². The fourth-order valence-corrected chi connectivity index (χ4v) is 4.59. The number of likely N-dealkylation sites (tertiary alicyclic amines) is 1. The summed E-state index contributed by atoms with van der Waals surface area (Å²) in [5.41, 5.74) is 0.518. The summed E-state index contributed by atoms with van der Waals surface area (Å²) in [5.74, 6) is -0.0109. The van der Waals surface area contributed by atoms with E-state index in [1.165, 1.54) is 18.2 Å². The van der Waals surface area contributed by atoms with E-state index < -0.39 is 0 Å². The third-order valence-electron chi connectivity index (χ3n) is 4.27. The number of hydrogen-bond acceptors (Lipinski definition) is 7. The maximum absolute atomic E-state index is 12.6. The van der Waals surface area contributed by atoms with Gasteiger partial charge in [0.05, 0.1) is 17.1 Å². The molecule has 0 aromatic carbocycles. The summed E-state index contributed by atoms with van der Waals surface area (Å²) in [4.78, 5) is 20.0. The van der Waals surface area contributed by atoms with Crippen LogP contribution in [-0.2, 0) is 6.54 Å². The summed E-state index contributed by atoms with van der Waals surface area (Å²) >= 11 is 9.33. The van der Waals surface area contributed by atoms with Gasteiger partial charge in [-0.1, -0.05) is 17.7 Å². The van der Waals surface area contributed by atoms with E-state index in [4.69, 9.17) is 11.6 Å². The Morgan fingerprint density at radius 3 is 2.89 bits per heavy atom. The lowest BCUT2D eigenvalue weighted by Gasteiger charge is -2.26. The molecule has 1 saturated heterocycles. The molecule has 0 atom stereocenters. The number of thiophene rings is 1. The van der Waals surface area contributed by atoms with Gasteiger partial charge < -0.3 is 4.90 Å². The zero-order valence-electron chi connectivity index (χ0n) is 14.4. The van der Waals surface area contributed by atoms with E-state index >= 15 is 0 Å². The van der Waals surface area contributed by atoms with Crippen LogP contribution in [0.4, 0.5) is 0 Å². The molecule has 0 saturated carbocycles. The van der Waals surface area contributed by atoms with Crippen LogP contribution in [0.5, 0.6) is 0 Å². The fraction of sp³-hybridized carbons (Fsp3) is 0.353. The number of hydrogen-bond donors (Lipinski definition) is 0. The van der Waals surface area contributed by atoms with Gasteiger partial charge >= 0.3 is 0 Å². The van der Waals surface area contributed by atoms with E-state index in [1.807, 2.05) is 22.4 Å². The SMILES string of the molecule is O=C(c1cnc(Sc2nnnn2Cc2cccs2)c(Cl)c1)N1CCCCC1. The second kappa shape index (κ2) is 8.37. The lowest BCUT2D eigenvalue weighted by molar-refractivity contribution is 0.0724. The van der Waals surface area contributed by atoms with Gasteiger partial charge in [-0.15, -0.1) is 16.4 Å². The van der Waals surface area contributed by atoms with Gasteiger partial charge in [0.2, 0.25) is 5.16 Å². The van der Waals surface area contributed by atoms with Gasteiger partial charge in [0.25, 0.3) is 5.91 Å². The highest BCUT2D eigenvalue weighted by Gasteiger charge is 2.20. The number of amides is 1. The second-order valence-electron chi connectivity index (χ2n) is 6.16. The zero-order valence-corrected chi connectivity index (χ0v) is 16.8. The highest BCUT2D eigenvalue weighted by Crippen LogP contribution is 2.31. The normalized spacial score (nSPS) is 14.5. The molecule has 0 unspecified atom stereocenters. The van der Waals surface area contributed by atoms with Crippen molar-refractivity contribution < 1.29 is 4.79 Å². The molecule has 27 heavy (non-hydrogen) atoms. The number of carbonyl (C=O) groups excluding carboxylic acids is 1. The van der Waals surface area contributed by atoms with E-state index in [0.717, 1.165) is 30.8 Å². The Balaban J connectivity index is 1.49. The van der Waals surface area contributed by atoms with Crippen molar-refractivity contribution in [2.24, 2.45) is 0 Å². The third-order valence-corrected chi connectivity index (χ3v) is 6.53. The van der Waals surface area contributed by atoms with Crippen molar-refractivity contribution in [2.45, 2.75) is 36.0 Å². The standard InChI is InChI=1S/C17H17ClN6OS2/c18-14-9-12(16(25)23-6-2-1-3-7-23)10-19-15(14)27-17-20-21-22-24(17)11-13-5-4-8-26-13/h4-5,8-10H,1-3,6-7,11H2. The Morgan fingerprint density at radius 2 is 2.15 bits per heavy atom. The molecule has 1 amide bonds. The van der Waals surface area contributed by atoms with Crippen LogP contribution >= 0.6 is 34.7 Å². The lowest BCUT2D eigenvalue weighted by atomic mass is 10.1. The van der Waals surface area contributed by atoms with Crippen LogP contribution in [0.15, 0.2) is 40.0 Å². The van der Waals surface area contributed by atoms with Crippen molar-refractivity contribution in [3.05, 3.63) is 45.2 Å². The lowest BCUT2D eigenvalue weighted by Crippen LogP contribution is -2.35. The first kappa shape index (κ1) is 18.4. The summed E-state index contributed by atoms with van der Waals surface area (Å²) < 4.78 is 1.71. The van der Waals surface area contributed by atoms with Gasteiger partial charge in [0.1, 0.15) is 5.03 Å². The van der Waals surface area contributed by atoms with Gasteiger partial charge in [-0.3, -0.25) is 4.79 Å². The van der Waals surface area contributed by atoms with Crippen LogP contribution in [0.25, 0.3) is 0 Å². The van der Waals surface area contributed by atoms with E-state index in [0.29, 0.717) is 27.3 Å². The fourth-order valence-electron chi connectivity index (χ4n) is 2.90. The predicted molar refractivity (Wildman–Crippen MR) is 104 cm³/mol. The Morgan fingerprint density at radius 1 is 1.30 bits per heavy atom. The first-order valence-electron chi connectivity index (χ1n) is 8.62. The molecule has 4 rings (SSSR count). The number of nitrogens with zero attached hydrogens (tertiary/aromatic N) is 6. The van der Waals surface area contributed by atoms with Crippen molar-refractivity contribution in [3.63, 3.8) is 0 Å². The van der Waals surface area contributed by atoms with Crippen molar-refractivity contribution in [2.75, 3.05) is 13.1 Å².